The van der Waals surface area contributed by atoms with Gasteiger partial charge in [-0.05, 0) is 54.3 Å². The molecule has 41 heavy (non-hydrogen) atoms. The maximum absolute atomic E-state index is 13.2. The number of aliphatic hydroxyl groups is 1. The van der Waals surface area contributed by atoms with Gasteiger partial charge in [0.2, 0.25) is 11.8 Å². The normalized spacial score (nSPS) is 14.8. The molecule has 0 radical (unpaired) electrons. The van der Waals surface area contributed by atoms with Gasteiger partial charge in [-0.25, -0.2) is 14.2 Å². The zero-order chi connectivity index (χ0) is 30.4. The van der Waals surface area contributed by atoms with Crippen LogP contribution in [0.5, 0.6) is 5.88 Å². The van der Waals surface area contributed by atoms with Crippen molar-refractivity contribution in [1.29, 1.82) is 0 Å². The first-order valence-corrected chi connectivity index (χ1v) is 11.9. The zero-order valence-corrected chi connectivity index (χ0v) is 21.3. The van der Waals surface area contributed by atoms with Crippen molar-refractivity contribution in [2.24, 2.45) is 0 Å². The van der Waals surface area contributed by atoms with E-state index in [0.29, 0.717) is 16.8 Å². The van der Waals surface area contributed by atoms with Gasteiger partial charge >= 0.3 is 18.8 Å². The summed E-state index contributed by atoms with van der Waals surface area (Å²) in [5, 5.41) is 19.8. The van der Waals surface area contributed by atoms with Crippen LogP contribution in [0.4, 0.5) is 32.0 Å². The predicted octanol–water partition coefficient (Wildman–Crippen LogP) is 4.95. The van der Waals surface area contributed by atoms with E-state index in [1.54, 1.807) is 31.2 Å². The molecule has 1 atom stereocenters. The van der Waals surface area contributed by atoms with Crippen molar-refractivity contribution in [2.75, 3.05) is 18.5 Å². The Bertz CT molecular complexity index is 1340. The third-order valence-electron chi connectivity index (χ3n) is 5.91. The predicted molar refractivity (Wildman–Crippen MR) is 133 cm³/mol. The highest BCUT2D eigenvalue weighted by atomic mass is 19.4. The number of amides is 1. The van der Waals surface area contributed by atoms with E-state index >= 15 is 0 Å². The number of halogens is 6. The van der Waals surface area contributed by atoms with Crippen molar-refractivity contribution < 1.29 is 55.6 Å². The van der Waals surface area contributed by atoms with Gasteiger partial charge in [-0.1, -0.05) is 24.3 Å². The van der Waals surface area contributed by atoms with E-state index in [2.05, 4.69) is 15.0 Å². The summed E-state index contributed by atoms with van der Waals surface area (Å²) < 4.78 is 79.8. The van der Waals surface area contributed by atoms with Crippen LogP contribution < -0.4 is 10.1 Å². The average molecular weight is 586 g/mol. The lowest BCUT2D eigenvalue weighted by Crippen LogP contribution is -2.55. The first-order chi connectivity index (χ1) is 19.2. The van der Waals surface area contributed by atoms with E-state index in [0.717, 1.165) is 11.1 Å². The molecule has 0 unspecified atom stereocenters. The van der Waals surface area contributed by atoms with Crippen molar-refractivity contribution in [1.82, 2.24) is 4.98 Å². The fraction of sp³-hybridized carbons (Fsp3) is 0.296. The lowest BCUT2D eigenvalue weighted by Gasteiger charge is -2.40. The van der Waals surface area contributed by atoms with Gasteiger partial charge in [-0.3, -0.25) is 4.79 Å². The molecule has 1 aliphatic heterocycles. The minimum absolute atomic E-state index is 0.202. The Morgan fingerprint density at radius 3 is 2.15 bits per heavy atom. The Morgan fingerprint density at radius 1 is 1.10 bits per heavy atom. The number of aromatic nitrogens is 1. The molecule has 2 aromatic carbocycles. The number of ether oxygens (including phenoxy) is 2. The summed E-state index contributed by atoms with van der Waals surface area (Å²) >= 11 is 0. The number of nitrogens with zero attached hydrogens (tertiary/aromatic N) is 1. The second-order valence-electron chi connectivity index (χ2n) is 9.03. The fourth-order valence-corrected chi connectivity index (χ4v) is 3.87. The zero-order valence-electron chi connectivity index (χ0n) is 21.3. The van der Waals surface area contributed by atoms with E-state index in [1.807, 2.05) is 0 Å². The molecule has 4 rings (SSSR count). The maximum atomic E-state index is 13.2. The molecule has 1 saturated heterocycles. The first-order valence-electron chi connectivity index (χ1n) is 11.9. The van der Waals surface area contributed by atoms with E-state index < -0.39 is 36.1 Å². The number of anilines is 1. The number of carbonyl (C=O) groups is 2. The first kappa shape index (κ1) is 31.4. The number of benzene rings is 2. The van der Waals surface area contributed by atoms with Gasteiger partial charge in [-0.15, -0.1) is 0 Å². The number of hydrogen-bond acceptors (Lipinski definition) is 6. The Morgan fingerprint density at radius 2 is 1.68 bits per heavy atom. The molecule has 3 aromatic rings. The maximum Gasteiger partial charge on any atom is 0.490 e. The topological polar surface area (TPSA) is 118 Å². The van der Waals surface area contributed by atoms with Gasteiger partial charge in [0.1, 0.15) is 11.2 Å². The van der Waals surface area contributed by atoms with E-state index in [-0.39, 0.29) is 31.4 Å². The SMILES string of the molecule is C[C@H](O)Cc1cc(OC(F)F)ncc1-c1ccc(C2(C(=O)Nc3ccc(F)cc3)COC2)cc1.O=C(O)C(F)(F)F. The minimum Gasteiger partial charge on any atom is -0.475 e. The second-order valence-corrected chi connectivity index (χ2v) is 9.03. The summed E-state index contributed by atoms with van der Waals surface area (Å²) in [5.74, 6) is -3.64. The molecule has 0 saturated carbocycles. The van der Waals surface area contributed by atoms with Gasteiger partial charge in [-0.2, -0.15) is 22.0 Å². The summed E-state index contributed by atoms with van der Waals surface area (Å²) in [6.45, 7) is -0.998. The summed E-state index contributed by atoms with van der Waals surface area (Å²) in [5.41, 5.74) is 2.33. The minimum atomic E-state index is -5.08. The molecular formula is C27H24F6N2O6. The van der Waals surface area contributed by atoms with Crippen molar-refractivity contribution in [3.63, 3.8) is 0 Å². The summed E-state index contributed by atoms with van der Waals surface area (Å²) in [7, 11) is 0. The Labute approximate surface area is 229 Å². The highest BCUT2D eigenvalue weighted by Gasteiger charge is 2.47. The quantitative estimate of drug-likeness (QED) is 0.320. The summed E-state index contributed by atoms with van der Waals surface area (Å²) in [6, 6.07) is 14.1. The van der Waals surface area contributed by atoms with Crippen LogP contribution in [0.15, 0.2) is 60.8 Å². The van der Waals surface area contributed by atoms with Gasteiger partial charge in [0.15, 0.2) is 0 Å². The van der Waals surface area contributed by atoms with E-state index in [4.69, 9.17) is 14.6 Å². The van der Waals surface area contributed by atoms with Crippen molar-refractivity contribution >= 4 is 17.6 Å². The molecule has 220 valence electrons. The second kappa shape index (κ2) is 13.0. The molecule has 14 heteroatoms. The van der Waals surface area contributed by atoms with Gasteiger partial charge in [0.25, 0.3) is 0 Å². The standard InChI is InChI=1S/C25H23F3N2O4.C2HF3O2/c1-15(31)10-17-11-22(34-24(27)28)29-12-21(17)16-2-4-18(5-3-16)25(13-33-14-25)23(32)30-20-8-6-19(26)7-9-20;3-2(4,5)1(6)7/h2-9,11-12,15,24,31H,10,13-14H2,1H3,(H,30,32);(H,6,7)/t15-;/m0./s1. The molecule has 3 N–H and O–H groups in total. The molecule has 2 heterocycles. The van der Waals surface area contributed by atoms with Crippen molar-refractivity contribution in [3.8, 4) is 17.0 Å². The number of nitrogens with one attached hydrogen (secondary N) is 1. The molecule has 0 bridgehead atoms. The number of carbonyl (C=O) groups excluding carboxylic acids is 1. The molecular weight excluding hydrogens is 562 g/mol. The summed E-state index contributed by atoms with van der Waals surface area (Å²) in [6.07, 6.45) is -4.14. The number of aliphatic hydroxyl groups excluding tert-OH is 1. The molecule has 1 amide bonds. The molecule has 1 aliphatic rings. The largest absolute Gasteiger partial charge is 0.490 e. The van der Waals surface area contributed by atoms with Crippen LogP contribution in [0.1, 0.15) is 18.1 Å². The number of aliphatic carboxylic acids is 1. The lowest BCUT2D eigenvalue weighted by molar-refractivity contribution is -0.192. The molecule has 0 spiro atoms. The van der Waals surface area contributed by atoms with Gasteiger partial charge in [0.05, 0.1) is 19.3 Å². The monoisotopic (exact) mass is 586 g/mol. The third-order valence-corrected chi connectivity index (χ3v) is 5.91. The van der Waals surface area contributed by atoms with Crippen LogP contribution >= 0.6 is 0 Å². The number of carboxylic acid groups (broad SMARTS) is 1. The van der Waals surface area contributed by atoms with E-state index in [1.165, 1.54) is 36.5 Å². The Hall–Kier alpha value is -4.17. The lowest BCUT2D eigenvalue weighted by atomic mass is 9.77. The van der Waals surface area contributed by atoms with Crippen LogP contribution in [-0.2, 0) is 26.2 Å². The van der Waals surface area contributed by atoms with Gasteiger partial charge in [0, 0.05) is 23.5 Å². The van der Waals surface area contributed by atoms with Crippen LogP contribution in [0, 0.1) is 5.82 Å². The molecule has 0 aliphatic carbocycles. The molecule has 8 nitrogen and oxygen atoms in total. The molecule has 1 fully saturated rings. The van der Waals surface area contributed by atoms with Crippen molar-refractivity contribution in [3.05, 3.63) is 77.7 Å². The van der Waals surface area contributed by atoms with Crippen LogP contribution in [0.3, 0.4) is 0 Å². The molecule has 1 aromatic heterocycles. The van der Waals surface area contributed by atoms with Crippen LogP contribution in [0.25, 0.3) is 11.1 Å². The van der Waals surface area contributed by atoms with Crippen molar-refractivity contribution in [2.45, 2.75) is 37.7 Å². The Kier molecular flexibility index (Phi) is 9.94. The fourth-order valence-electron chi connectivity index (χ4n) is 3.87. The highest BCUT2D eigenvalue weighted by Crippen LogP contribution is 2.36. The smallest absolute Gasteiger partial charge is 0.475 e. The number of hydrogen-bond donors (Lipinski definition) is 3. The van der Waals surface area contributed by atoms with Crippen LogP contribution in [0.2, 0.25) is 0 Å². The van der Waals surface area contributed by atoms with E-state index in [9.17, 15) is 36.2 Å². The Balaban J connectivity index is 0.000000587. The van der Waals surface area contributed by atoms with Crippen LogP contribution in [-0.4, -0.2) is 59.2 Å². The number of pyridine rings is 1. The number of alkyl halides is 5. The highest BCUT2D eigenvalue weighted by molar-refractivity contribution is 6.00. The summed E-state index contributed by atoms with van der Waals surface area (Å²) in [4.78, 5) is 25.9. The third kappa shape index (κ3) is 8.17. The average Bonchev–Trinajstić information content (AvgIpc) is 2.85. The van der Waals surface area contributed by atoms with Gasteiger partial charge < -0.3 is 25.0 Å². The number of carboxylic acids is 1. The number of rotatable bonds is 8.